The molecule has 0 saturated heterocycles. The van der Waals surface area contributed by atoms with Crippen molar-refractivity contribution >= 4 is 28.6 Å². The Hall–Kier alpha value is -0.620. The quantitative estimate of drug-likeness (QED) is 0.525. The number of benzene rings is 1. The predicted octanol–water partition coefficient (Wildman–Crippen LogP) is 1.70. The minimum Gasteiger partial charge on any atom is -0.468 e. The van der Waals surface area contributed by atoms with E-state index in [1.165, 1.54) is 7.11 Å². The minimum absolute atomic E-state index is 0.415. The van der Waals surface area contributed by atoms with Crippen LogP contribution >= 0.6 is 22.6 Å². The second kappa shape index (κ2) is 5.31. The maximum absolute atomic E-state index is 11.1. The highest BCUT2D eigenvalue weighted by Gasteiger charge is 2.25. The number of aliphatic hydroxyl groups excluding tert-OH is 1. The molecule has 3 nitrogen and oxygen atoms in total. The summed E-state index contributed by atoms with van der Waals surface area (Å²) >= 11 is 1.87. The molecule has 1 aromatic carbocycles. The van der Waals surface area contributed by atoms with E-state index in [4.69, 9.17) is 0 Å². The summed E-state index contributed by atoms with van der Waals surface area (Å²) in [6, 6.07) is 9.05. The number of halogens is 1. The molecule has 1 aromatic rings. The Morgan fingerprint density at radius 3 is 2.50 bits per heavy atom. The lowest BCUT2D eigenvalue weighted by molar-refractivity contribution is -0.141. The molecule has 2 atom stereocenters. The van der Waals surface area contributed by atoms with Crippen LogP contribution in [0.25, 0.3) is 0 Å². The molecule has 0 unspecified atom stereocenters. The summed E-state index contributed by atoms with van der Waals surface area (Å²) in [5.41, 5.74) is 0.720. The number of rotatable bonds is 3. The van der Waals surface area contributed by atoms with Crippen molar-refractivity contribution in [2.75, 3.05) is 7.11 Å². The van der Waals surface area contributed by atoms with Crippen molar-refractivity contribution in [2.45, 2.75) is 10.0 Å². The lowest BCUT2D eigenvalue weighted by atomic mass is 10.1. The zero-order chi connectivity index (χ0) is 10.6. The van der Waals surface area contributed by atoms with Crippen molar-refractivity contribution in [2.24, 2.45) is 0 Å². The number of methoxy groups -OCH3 is 1. The molecule has 0 bridgehead atoms. The van der Waals surface area contributed by atoms with Gasteiger partial charge in [-0.1, -0.05) is 52.9 Å². The van der Waals surface area contributed by atoms with E-state index < -0.39 is 16.0 Å². The molecule has 0 saturated carbocycles. The third-order valence-corrected chi connectivity index (χ3v) is 3.03. The third-order valence-electron chi connectivity index (χ3n) is 1.84. The molecule has 14 heavy (non-hydrogen) atoms. The minimum atomic E-state index is -0.816. The molecule has 0 aliphatic carbocycles. The molecule has 0 amide bonds. The summed E-state index contributed by atoms with van der Waals surface area (Å²) in [4.78, 5) is 11.1. The zero-order valence-corrected chi connectivity index (χ0v) is 9.84. The number of carbonyl (C=O) groups excluding carboxylic acids is 1. The highest BCUT2D eigenvalue weighted by atomic mass is 127. The molecule has 0 fully saturated rings. The average molecular weight is 306 g/mol. The summed E-state index contributed by atoms with van der Waals surface area (Å²) in [5, 5.41) is 9.78. The van der Waals surface area contributed by atoms with Gasteiger partial charge in [0.25, 0.3) is 0 Å². The van der Waals surface area contributed by atoms with E-state index in [2.05, 4.69) is 4.74 Å². The molecule has 1 N–H and O–H groups in total. The van der Waals surface area contributed by atoms with Crippen LogP contribution in [-0.2, 0) is 9.53 Å². The number of carbonyl (C=O) groups is 1. The SMILES string of the molecule is COC(=O)[C@@H](I)[C@@H](O)c1ccccc1. The Kier molecular flexibility index (Phi) is 4.34. The Morgan fingerprint density at radius 1 is 1.43 bits per heavy atom. The first-order valence-electron chi connectivity index (χ1n) is 4.11. The molecular formula is C10H11IO3. The molecule has 0 heterocycles. The molecule has 1 rings (SSSR count). The van der Waals surface area contributed by atoms with Gasteiger partial charge in [-0.15, -0.1) is 0 Å². The van der Waals surface area contributed by atoms with Crippen molar-refractivity contribution < 1.29 is 14.6 Å². The third kappa shape index (κ3) is 2.68. The van der Waals surface area contributed by atoms with Crippen LogP contribution in [0.1, 0.15) is 11.7 Å². The monoisotopic (exact) mass is 306 g/mol. The van der Waals surface area contributed by atoms with Crippen LogP contribution in [0.5, 0.6) is 0 Å². The summed E-state index contributed by atoms with van der Waals surface area (Å²) in [6.45, 7) is 0. The van der Waals surface area contributed by atoms with Gasteiger partial charge < -0.3 is 9.84 Å². The van der Waals surface area contributed by atoms with Crippen molar-refractivity contribution in [3.05, 3.63) is 35.9 Å². The van der Waals surface area contributed by atoms with Gasteiger partial charge in [0.2, 0.25) is 0 Å². The van der Waals surface area contributed by atoms with Crippen molar-refractivity contribution in [3.63, 3.8) is 0 Å². The molecular weight excluding hydrogens is 295 g/mol. The van der Waals surface area contributed by atoms with Gasteiger partial charge in [0.05, 0.1) is 7.11 Å². The van der Waals surface area contributed by atoms with E-state index in [1.54, 1.807) is 12.1 Å². The van der Waals surface area contributed by atoms with Gasteiger partial charge in [-0.05, 0) is 5.56 Å². The van der Waals surface area contributed by atoms with Crippen LogP contribution in [0, 0.1) is 0 Å². The number of esters is 1. The summed E-state index contributed by atoms with van der Waals surface area (Å²) in [7, 11) is 1.31. The van der Waals surface area contributed by atoms with Crippen LogP contribution in [-0.4, -0.2) is 22.1 Å². The van der Waals surface area contributed by atoms with E-state index >= 15 is 0 Å². The second-order valence-electron chi connectivity index (χ2n) is 2.78. The maximum atomic E-state index is 11.1. The summed E-state index contributed by atoms with van der Waals surface area (Å²) in [5.74, 6) is -0.415. The Balaban J connectivity index is 2.75. The molecule has 76 valence electrons. The zero-order valence-electron chi connectivity index (χ0n) is 7.68. The molecule has 4 heteroatoms. The second-order valence-corrected chi connectivity index (χ2v) is 4.12. The molecule has 0 spiro atoms. The van der Waals surface area contributed by atoms with Gasteiger partial charge >= 0.3 is 5.97 Å². The molecule has 0 aliphatic heterocycles. The first kappa shape index (κ1) is 11.5. The Morgan fingerprint density at radius 2 is 2.00 bits per heavy atom. The Bertz CT molecular complexity index is 299. The number of alkyl halides is 1. The maximum Gasteiger partial charge on any atom is 0.321 e. The number of aliphatic hydroxyl groups is 1. The smallest absolute Gasteiger partial charge is 0.321 e. The van der Waals surface area contributed by atoms with Crippen LogP contribution in [0.3, 0.4) is 0 Å². The van der Waals surface area contributed by atoms with Gasteiger partial charge in [-0.3, -0.25) is 4.79 Å². The van der Waals surface area contributed by atoms with E-state index in [-0.39, 0.29) is 0 Å². The largest absolute Gasteiger partial charge is 0.468 e. The number of hydrogen-bond donors (Lipinski definition) is 1. The fraction of sp³-hybridized carbons (Fsp3) is 0.300. The highest BCUT2D eigenvalue weighted by Crippen LogP contribution is 2.23. The fourth-order valence-corrected chi connectivity index (χ4v) is 1.73. The summed E-state index contributed by atoms with van der Waals surface area (Å²) in [6.07, 6.45) is -0.816. The van der Waals surface area contributed by atoms with Crippen molar-refractivity contribution in [1.82, 2.24) is 0 Å². The first-order valence-corrected chi connectivity index (χ1v) is 5.36. The van der Waals surface area contributed by atoms with Crippen LogP contribution in [0.4, 0.5) is 0 Å². The average Bonchev–Trinajstić information content (AvgIpc) is 2.27. The van der Waals surface area contributed by atoms with Gasteiger partial charge in [0, 0.05) is 0 Å². The van der Waals surface area contributed by atoms with Gasteiger partial charge in [-0.25, -0.2) is 0 Å². The topological polar surface area (TPSA) is 46.5 Å². The molecule has 0 aliphatic rings. The van der Waals surface area contributed by atoms with Crippen LogP contribution in [0.15, 0.2) is 30.3 Å². The lowest BCUT2D eigenvalue weighted by Gasteiger charge is -2.15. The predicted molar refractivity (Wildman–Crippen MR) is 61.2 cm³/mol. The van der Waals surface area contributed by atoms with Crippen LogP contribution in [0.2, 0.25) is 0 Å². The van der Waals surface area contributed by atoms with E-state index in [1.807, 2.05) is 40.8 Å². The normalized spacial score (nSPS) is 14.5. The standard InChI is InChI=1S/C10H11IO3/c1-14-10(13)8(11)9(12)7-5-3-2-4-6-7/h2-6,8-9,12H,1H3/t8-,9-/m0/s1. The molecule has 0 radical (unpaired) electrons. The van der Waals surface area contributed by atoms with E-state index in [0.29, 0.717) is 0 Å². The van der Waals surface area contributed by atoms with Crippen molar-refractivity contribution in [1.29, 1.82) is 0 Å². The molecule has 0 aromatic heterocycles. The number of ether oxygens (including phenoxy) is 1. The fourth-order valence-electron chi connectivity index (χ4n) is 1.06. The van der Waals surface area contributed by atoms with Crippen molar-refractivity contribution in [3.8, 4) is 0 Å². The van der Waals surface area contributed by atoms with E-state index in [0.717, 1.165) is 5.56 Å². The Labute approximate surface area is 96.2 Å². The van der Waals surface area contributed by atoms with Gasteiger partial charge in [0.1, 0.15) is 10.0 Å². The van der Waals surface area contributed by atoms with E-state index in [9.17, 15) is 9.90 Å². The van der Waals surface area contributed by atoms with Crippen LogP contribution < -0.4 is 0 Å². The highest BCUT2D eigenvalue weighted by molar-refractivity contribution is 14.1. The lowest BCUT2D eigenvalue weighted by Crippen LogP contribution is -2.23. The number of hydrogen-bond acceptors (Lipinski definition) is 3. The van der Waals surface area contributed by atoms with Gasteiger partial charge in [-0.2, -0.15) is 0 Å². The summed E-state index contributed by atoms with van der Waals surface area (Å²) < 4.78 is 3.98. The van der Waals surface area contributed by atoms with Gasteiger partial charge in [0.15, 0.2) is 0 Å². The first-order chi connectivity index (χ1) is 6.66.